The van der Waals surface area contributed by atoms with Gasteiger partial charge in [-0.3, -0.25) is 4.98 Å². The van der Waals surface area contributed by atoms with Crippen LogP contribution in [0.2, 0.25) is 0 Å². The lowest BCUT2D eigenvalue weighted by atomic mass is 10.0. The third-order valence-electron chi connectivity index (χ3n) is 2.68. The molecule has 1 aromatic carbocycles. The molecule has 2 rings (SSSR count). The minimum Gasteiger partial charge on any atom is -0.478 e. The monoisotopic (exact) mass is 275 g/mol. The van der Waals surface area contributed by atoms with Crippen LogP contribution in [0.1, 0.15) is 20.7 Å². The lowest BCUT2D eigenvalue weighted by Crippen LogP contribution is -2.05. The quantitative estimate of drug-likeness (QED) is 0.870. The van der Waals surface area contributed by atoms with Crippen LogP contribution in [-0.4, -0.2) is 29.1 Å². The van der Waals surface area contributed by atoms with Crippen LogP contribution in [0.5, 0.6) is 0 Å². The number of aromatic carboxylic acids is 1. The number of esters is 1. The molecule has 20 heavy (non-hydrogen) atoms. The molecule has 0 aliphatic carbocycles. The summed E-state index contributed by atoms with van der Waals surface area (Å²) in [6.45, 7) is 0. The van der Waals surface area contributed by atoms with Crippen LogP contribution in [0.25, 0.3) is 11.3 Å². The van der Waals surface area contributed by atoms with Crippen molar-refractivity contribution in [1.29, 1.82) is 0 Å². The van der Waals surface area contributed by atoms with E-state index in [0.29, 0.717) is 0 Å². The molecule has 0 bridgehead atoms. The van der Waals surface area contributed by atoms with Gasteiger partial charge in [-0.15, -0.1) is 0 Å². The molecule has 0 saturated carbocycles. The molecule has 5 nitrogen and oxygen atoms in total. The van der Waals surface area contributed by atoms with Crippen molar-refractivity contribution in [2.45, 2.75) is 0 Å². The lowest BCUT2D eigenvalue weighted by molar-refractivity contribution is 0.0600. The van der Waals surface area contributed by atoms with Gasteiger partial charge in [-0.25, -0.2) is 14.0 Å². The van der Waals surface area contributed by atoms with Crippen molar-refractivity contribution in [1.82, 2.24) is 4.98 Å². The largest absolute Gasteiger partial charge is 0.478 e. The average Bonchev–Trinajstić information content (AvgIpc) is 2.47. The topological polar surface area (TPSA) is 76.5 Å². The smallest absolute Gasteiger partial charge is 0.337 e. The Hall–Kier alpha value is -2.76. The van der Waals surface area contributed by atoms with E-state index >= 15 is 0 Å². The highest BCUT2D eigenvalue weighted by molar-refractivity contribution is 5.96. The number of nitrogens with zero attached hydrogens (tertiary/aromatic N) is 1. The lowest BCUT2D eigenvalue weighted by Gasteiger charge is -2.08. The summed E-state index contributed by atoms with van der Waals surface area (Å²) in [7, 11) is 1.20. The molecule has 0 amide bonds. The normalized spacial score (nSPS) is 10.1. The first-order chi connectivity index (χ1) is 9.54. The summed E-state index contributed by atoms with van der Waals surface area (Å²) < 4.78 is 18.4. The summed E-state index contributed by atoms with van der Waals surface area (Å²) in [6.07, 6.45) is 1.35. The fourth-order valence-electron chi connectivity index (χ4n) is 1.74. The number of carboxylic acids is 1. The molecule has 0 spiro atoms. The predicted octanol–water partition coefficient (Wildman–Crippen LogP) is 2.37. The Labute approximate surface area is 113 Å². The van der Waals surface area contributed by atoms with Gasteiger partial charge in [0.1, 0.15) is 5.82 Å². The maximum Gasteiger partial charge on any atom is 0.337 e. The molecule has 1 heterocycles. The van der Waals surface area contributed by atoms with Gasteiger partial charge in [0.15, 0.2) is 0 Å². The highest BCUT2D eigenvalue weighted by atomic mass is 19.1. The number of benzene rings is 1. The summed E-state index contributed by atoms with van der Waals surface area (Å²) >= 11 is 0. The van der Waals surface area contributed by atoms with Gasteiger partial charge in [0, 0.05) is 11.8 Å². The fourth-order valence-corrected chi connectivity index (χ4v) is 1.74. The minimum absolute atomic E-state index is 0.0387. The molecule has 0 fully saturated rings. The molecule has 0 saturated heterocycles. The Morgan fingerprint density at radius 2 is 2.05 bits per heavy atom. The van der Waals surface area contributed by atoms with Gasteiger partial charge in [-0.2, -0.15) is 0 Å². The number of hydrogen-bond acceptors (Lipinski definition) is 4. The molecule has 0 unspecified atom stereocenters. The molecule has 0 atom stereocenters. The molecule has 102 valence electrons. The second kappa shape index (κ2) is 5.48. The first-order valence-corrected chi connectivity index (χ1v) is 5.61. The van der Waals surface area contributed by atoms with Crippen LogP contribution in [0.4, 0.5) is 4.39 Å². The maximum absolute atomic E-state index is 13.9. The van der Waals surface area contributed by atoms with Gasteiger partial charge < -0.3 is 9.84 Å². The van der Waals surface area contributed by atoms with Gasteiger partial charge in [0.2, 0.25) is 0 Å². The average molecular weight is 275 g/mol. The number of ether oxygens (including phenoxy) is 1. The first-order valence-electron chi connectivity index (χ1n) is 5.61. The van der Waals surface area contributed by atoms with Gasteiger partial charge in [0.25, 0.3) is 0 Å². The standard InChI is InChI=1S/C14H10FNO4/c1-20-14(19)8-4-5-11(15)10(7-8)12-9(13(17)18)3-2-6-16-12/h2-7H,1H3,(H,17,18). The van der Waals surface area contributed by atoms with Gasteiger partial charge in [-0.1, -0.05) is 0 Å². The second-order valence-electron chi connectivity index (χ2n) is 3.89. The summed E-state index contributed by atoms with van der Waals surface area (Å²) in [5.74, 6) is -2.53. The van der Waals surface area contributed by atoms with E-state index in [4.69, 9.17) is 5.11 Å². The van der Waals surface area contributed by atoms with E-state index in [1.54, 1.807) is 0 Å². The number of halogens is 1. The van der Waals surface area contributed by atoms with Crippen LogP contribution in [0, 0.1) is 5.82 Å². The van der Waals surface area contributed by atoms with E-state index < -0.39 is 17.8 Å². The number of pyridine rings is 1. The van der Waals surface area contributed by atoms with E-state index in [1.165, 1.54) is 37.6 Å². The van der Waals surface area contributed by atoms with E-state index in [9.17, 15) is 14.0 Å². The van der Waals surface area contributed by atoms with Crippen LogP contribution in [0.3, 0.4) is 0 Å². The predicted molar refractivity (Wildman–Crippen MR) is 67.9 cm³/mol. The molecule has 2 aromatic rings. The van der Waals surface area contributed by atoms with Crippen molar-refractivity contribution < 1.29 is 23.8 Å². The number of methoxy groups -OCH3 is 1. The van der Waals surface area contributed by atoms with Crippen molar-refractivity contribution in [2.24, 2.45) is 0 Å². The van der Waals surface area contributed by atoms with Crippen molar-refractivity contribution in [3.8, 4) is 11.3 Å². The number of carbonyl (C=O) groups excluding carboxylic acids is 1. The zero-order valence-electron chi connectivity index (χ0n) is 10.5. The van der Waals surface area contributed by atoms with Crippen LogP contribution in [-0.2, 0) is 4.74 Å². The van der Waals surface area contributed by atoms with Crippen LogP contribution < -0.4 is 0 Å². The Morgan fingerprint density at radius 1 is 1.30 bits per heavy atom. The Morgan fingerprint density at radius 3 is 2.70 bits per heavy atom. The van der Waals surface area contributed by atoms with E-state index in [1.807, 2.05) is 0 Å². The Balaban J connectivity index is 2.63. The number of hydrogen-bond donors (Lipinski definition) is 1. The SMILES string of the molecule is COC(=O)c1ccc(F)c(-c2ncccc2C(=O)O)c1. The summed E-state index contributed by atoms with van der Waals surface area (Å²) in [6, 6.07) is 6.30. The molecule has 0 aliphatic heterocycles. The van der Waals surface area contributed by atoms with Crippen molar-refractivity contribution in [3.63, 3.8) is 0 Å². The van der Waals surface area contributed by atoms with Crippen molar-refractivity contribution in [3.05, 3.63) is 53.5 Å². The van der Waals surface area contributed by atoms with Gasteiger partial charge >= 0.3 is 11.9 Å². The number of carboxylic acid groups (broad SMARTS) is 1. The third kappa shape index (κ3) is 2.49. The van der Waals surface area contributed by atoms with Crippen LogP contribution >= 0.6 is 0 Å². The van der Waals surface area contributed by atoms with E-state index in [-0.39, 0.29) is 22.4 Å². The number of aromatic nitrogens is 1. The van der Waals surface area contributed by atoms with E-state index in [2.05, 4.69) is 9.72 Å². The Kier molecular flexibility index (Phi) is 3.74. The molecule has 0 aliphatic rings. The van der Waals surface area contributed by atoms with Crippen LogP contribution in [0.15, 0.2) is 36.5 Å². The highest BCUT2D eigenvalue weighted by Gasteiger charge is 2.18. The summed E-state index contributed by atoms with van der Waals surface area (Å²) in [4.78, 5) is 26.5. The molecule has 1 N–H and O–H groups in total. The molecule has 1 aromatic heterocycles. The van der Waals surface area contributed by atoms with Crippen molar-refractivity contribution in [2.75, 3.05) is 7.11 Å². The highest BCUT2D eigenvalue weighted by Crippen LogP contribution is 2.25. The van der Waals surface area contributed by atoms with Crippen molar-refractivity contribution >= 4 is 11.9 Å². The minimum atomic E-state index is -1.23. The molecular formula is C14H10FNO4. The zero-order chi connectivity index (χ0) is 14.7. The number of carbonyl (C=O) groups is 2. The third-order valence-corrected chi connectivity index (χ3v) is 2.68. The van der Waals surface area contributed by atoms with Gasteiger partial charge in [0.05, 0.1) is 23.9 Å². The Bertz CT molecular complexity index is 685. The molecular weight excluding hydrogens is 265 g/mol. The second-order valence-corrected chi connectivity index (χ2v) is 3.89. The zero-order valence-corrected chi connectivity index (χ0v) is 10.5. The summed E-state index contributed by atoms with van der Waals surface area (Å²) in [5.41, 5.74) is -0.131. The fraction of sp³-hybridized carbons (Fsp3) is 0.0714. The van der Waals surface area contributed by atoms with Gasteiger partial charge in [-0.05, 0) is 30.3 Å². The molecule has 6 heteroatoms. The first kappa shape index (κ1) is 13.7. The maximum atomic E-state index is 13.9. The molecule has 0 radical (unpaired) electrons. The van der Waals surface area contributed by atoms with E-state index in [0.717, 1.165) is 6.07 Å². The number of rotatable bonds is 3. The summed E-state index contributed by atoms with van der Waals surface area (Å²) in [5, 5.41) is 9.09.